The van der Waals surface area contributed by atoms with Crippen LogP contribution in [0.5, 0.6) is 5.75 Å². The van der Waals surface area contributed by atoms with Crippen molar-refractivity contribution in [1.29, 1.82) is 0 Å². The van der Waals surface area contributed by atoms with E-state index in [2.05, 4.69) is 10.3 Å². The largest absolute Gasteiger partial charge is 0.491 e. The summed E-state index contributed by atoms with van der Waals surface area (Å²) in [6.07, 6.45) is 1.81. The van der Waals surface area contributed by atoms with Crippen molar-refractivity contribution >= 4 is 17.4 Å². The average Bonchev–Trinajstić information content (AvgIpc) is 2.91. The number of nitrogens with one attached hydrogen (secondary N) is 1. The summed E-state index contributed by atoms with van der Waals surface area (Å²) in [5.41, 5.74) is 1.19. The standard InChI is InChI=1S/C17H23N3O2S/c1-12-5-7-15(8-6-12)22-11-13(2)19-17(21)20(4)10-16-9-18-14(3)23-16/h5-9,13H,10-11H2,1-4H3,(H,19,21)/t13-/m0/s1. The normalized spacial score (nSPS) is 11.8. The van der Waals surface area contributed by atoms with E-state index < -0.39 is 0 Å². The number of carbonyl (C=O) groups is 1. The maximum absolute atomic E-state index is 12.2. The Morgan fingerprint density at radius 2 is 2.04 bits per heavy atom. The van der Waals surface area contributed by atoms with Gasteiger partial charge in [0, 0.05) is 18.1 Å². The molecule has 2 aromatic rings. The number of thiazole rings is 1. The van der Waals surface area contributed by atoms with Gasteiger partial charge in [-0.25, -0.2) is 9.78 Å². The Labute approximate surface area is 141 Å². The van der Waals surface area contributed by atoms with Crippen molar-refractivity contribution in [2.24, 2.45) is 0 Å². The highest BCUT2D eigenvalue weighted by molar-refractivity contribution is 7.11. The fraction of sp³-hybridized carbons (Fsp3) is 0.412. The monoisotopic (exact) mass is 333 g/mol. The van der Waals surface area contributed by atoms with Crippen LogP contribution >= 0.6 is 11.3 Å². The Balaban J connectivity index is 1.76. The highest BCUT2D eigenvalue weighted by atomic mass is 32.1. The molecule has 124 valence electrons. The summed E-state index contributed by atoms with van der Waals surface area (Å²) in [4.78, 5) is 19.1. The number of hydrogen-bond acceptors (Lipinski definition) is 4. The number of aryl methyl sites for hydroxylation is 2. The molecule has 0 aliphatic rings. The van der Waals surface area contributed by atoms with Gasteiger partial charge in [-0.05, 0) is 32.9 Å². The summed E-state index contributed by atoms with van der Waals surface area (Å²) in [5, 5.41) is 3.94. The highest BCUT2D eigenvalue weighted by Gasteiger charge is 2.13. The van der Waals surface area contributed by atoms with E-state index in [0.29, 0.717) is 13.2 Å². The Bertz CT molecular complexity index is 640. The first-order valence-electron chi connectivity index (χ1n) is 7.56. The molecule has 6 heteroatoms. The topological polar surface area (TPSA) is 54.5 Å². The summed E-state index contributed by atoms with van der Waals surface area (Å²) in [7, 11) is 1.78. The van der Waals surface area contributed by atoms with Gasteiger partial charge >= 0.3 is 6.03 Å². The predicted molar refractivity (Wildman–Crippen MR) is 93.0 cm³/mol. The molecule has 0 saturated carbocycles. The Kier molecular flexibility index (Phi) is 5.98. The fourth-order valence-corrected chi connectivity index (χ4v) is 2.85. The van der Waals surface area contributed by atoms with Gasteiger partial charge in [0.05, 0.1) is 17.6 Å². The highest BCUT2D eigenvalue weighted by Crippen LogP contribution is 2.14. The van der Waals surface area contributed by atoms with E-state index in [1.165, 1.54) is 5.56 Å². The Hall–Kier alpha value is -2.08. The molecule has 1 aromatic carbocycles. The third kappa shape index (κ3) is 5.56. The molecule has 0 unspecified atom stereocenters. The van der Waals surface area contributed by atoms with Gasteiger partial charge in [-0.15, -0.1) is 11.3 Å². The first-order chi connectivity index (χ1) is 10.9. The average molecular weight is 333 g/mol. The molecule has 0 spiro atoms. The van der Waals surface area contributed by atoms with Crippen LogP contribution in [0.25, 0.3) is 0 Å². The van der Waals surface area contributed by atoms with Crippen LogP contribution in [0.4, 0.5) is 4.79 Å². The molecule has 5 nitrogen and oxygen atoms in total. The number of urea groups is 1. The van der Waals surface area contributed by atoms with Crippen LogP contribution in [0.3, 0.4) is 0 Å². The summed E-state index contributed by atoms with van der Waals surface area (Å²) in [6.45, 7) is 6.91. The molecular weight excluding hydrogens is 310 g/mol. The quantitative estimate of drug-likeness (QED) is 0.882. The molecule has 0 saturated heterocycles. The molecule has 2 amide bonds. The minimum atomic E-state index is -0.115. The summed E-state index contributed by atoms with van der Waals surface area (Å²) >= 11 is 1.60. The first-order valence-corrected chi connectivity index (χ1v) is 8.38. The number of amides is 2. The van der Waals surface area contributed by atoms with Crippen molar-refractivity contribution in [1.82, 2.24) is 15.2 Å². The number of nitrogens with zero attached hydrogens (tertiary/aromatic N) is 2. The van der Waals surface area contributed by atoms with Crippen LogP contribution in [-0.2, 0) is 6.54 Å². The van der Waals surface area contributed by atoms with Crippen LogP contribution in [0, 0.1) is 13.8 Å². The molecule has 0 radical (unpaired) electrons. The van der Waals surface area contributed by atoms with Crippen molar-refractivity contribution in [3.05, 3.63) is 45.9 Å². The van der Waals surface area contributed by atoms with Gasteiger partial charge in [0.2, 0.25) is 0 Å². The number of rotatable bonds is 6. The van der Waals surface area contributed by atoms with Crippen LogP contribution < -0.4 is 10.1 Å². The number of carbonyl (C=O) groups excluding carboxylic acids is 1. The third-order valence-electron chi connectivity index (χ3n) is 3.30. The predicted octanol–water partition coefficient (Wildman–Crippen LogP) is 3.37. The van der Waals surface area contributed by atoms with E-state index in [9.17, 15) is 4.79 Å². The summed E-state index contributed by atoms with van der Waals surface area (Å²) in [6, 6.07) is 7.68. The number of benzene rings is 1. The number of aromatic nitrogens is 1. The minimum absolute atomic E-state index is 0.0746. The van der Waals surface area contributed by atoms with Crippen molar-refractivity contribution in [3.8, 4) is 5.75 Å². The van der Waals surface area contributed by atoms with E-state index in [0.717, 1.165) is 15.6 Å². The lowest BCUT2D eigenvalue weighted by molar-refractivity contribution is 0.195. The zero-order valence-electron chi connectivity index (χ0n) is 14.0. The lowest BCUT2D eigenvalue weighted by atomic mass is 10.2. The van der Waals surface area contributed by atoms with Gasteiger partial charge in [-0.2, -0.15) is 0 Å². The van der Waals surface area contributed by atoms with Crippen LogP contribution in [-0.4, -0.2) is 35.6 Å². The van der Waals surface area contributed by atoms with Gasteiger partial charge in [-0.1, -0.05) is 17.7 Å². The second-order valence-electron chi connectivity index (χ2n) is 5.68. The van der Waals surface area contributed by atoms with E-state index >= 15 is 0 Å². The SMILES string of the molecule is Cc1ccc(OC[C@H](C)NC(=O)N(C)Cc2cnc(C)s2)cc1. The van der Waals surface area contributed by atoms with Gasteiger partial charge in [0.1, 0.15) is 12.4 Å². The second kappa shape index (κ2) is 7.97. The summed E-state index contributed by atoms with van der Waals surface area (Å²) < 4.78 is 5.68. The molecule has 23 heavy (non-hydrogen) atoms. The zero-order chi connectivity index (χ0) is 16.8. The van der Waals surface area contributed by atoms with Crippen LogP contribution in [0.2, 0.25) is 0 Å². The Morgan fingerprint density at radius 3 is 2.65 bits per heavy atom. The molecule has 1 heterocycles. The van der Waals surface area contributed by atoms with Gasteiger partial charge in [-0.3, -0.25) is 0 Å². The summed E-state index contributed by atoms with van der Waals surface area (Å²) in [5.74, 6) is 0.810. The van der Waals surface area contributed by atoms with Crippen LogP contribution in [0.1, 0.15) is 22.4 Å². The molecule has 1 N–H and O–H groups in total. The van der Waals surface area contributed by atoms with E-state index in [1.807, 2.05) is 51.2 Å². The number of ether oxygens (including phenoxy) is 1. The lowest BCUT2D eigenvalue weighted by Gasteiger charge is -2.21. The van der Waals surface area contributed by atoms with E-state index in [4.69, 9.17) is 4.74 Å². The van der Waals surface area contributed by atoms with Gasteiger partial charge in [0.25, 0.3) is 0 Å². The van der Waals surface area contributed by atoms with E-state index in [1.54, 1.807) is 23.3 Å². The van der Waals surface area contributed by atoms with Crippen molar-refractivity contribution in [3.63, 3.8) is 0 Å². The molecule has 1 aromatic heterocycles. The maximum Gasteiger partial charge on any atom is 0.317 e. The molecule has 1 atom stereocenters. The Morgan fingerprint density at radius 1 is 1.35 bits per heavy atom. The van der Waals surface area contributed by atoms with E-state index in [-0.39, 0.29) is 12.1 Å². The zero-order valence-corrected chi connectivity index (χ0v) is 14.8. The third-order valence-corrected chi connectivity index (χ3v) is 4.20. The maximum atomic E-state index is 12.2. The molecule has 0 fully saturated rings. The van der Waals surface area contributed by atoms with Crippen molar-refractivity contribution in [2.75, 3.05) is 13.7 Å². The minimum Gasteiger partial charge on any atom is -0.491 e. The molecular formula is C17H23N3O2S. The van der Waals surface area contributed by atoms with Crippen LogP contribution in [0.15, 0.2) is 30.5 Å². The molecule has 0 aliphatic heterocycles. The van der Waals surface area contributed by atoms with Crippen molar-refractivity contribution in [2.45, 2.75) is 33.4 Å². The molecule has 0 bridgehead atoms. The fourth-order valence-electron chi connectivity index (χ4n) is 2.00. The number of hydrogen-bond donors (Lipinski definition) is 1. The molecule has 2 rings (SSSR count). The van der Waals surface area contributed by atoms with Crippen molar-refractivity contribution < 1.29 is 9.53 Å². The van der Waals surface area contributed by atoms with Gasteiger partial charge < -0.3 is 15.0 Å². The lowest BCUT2D eigenvalue weighted by Crippen LogP contribution is -2.43. The smallest absolute Gasteiger partial charge is 0.317 e. The molecule has 0 aliphatic carbocycles. The first kappa shape index (κ1) is 17.3. The second-order valence-corrected chi connectivity index (χ2v) is 7.00. The van der Waals surface area contributed by atoms with Gasteiger partial charge in [0.15, 0.2) is 0 Å².